The summed E-state index contributed by atoms with van der Waals surface area (Å²) in [6, 6.07) is 3.84. The standard InChI is InChI=1S/C15H22N2O2/c1-10-7-14(15(17(18)19)8-11(10)2)16-12(3)9-13-5-4-6-13/h7-8,12-13,16H,4-6,9H2,1-3H3. The van der Waals surface area contributed by atoms with E-state index in [4.69, 9.17) is 0 Å². The van der Waals surface area contributed by atoms with Crippen LogP contribution in [0.1, 0.15) is 43.7 Å². The molecule has 0 spiro atoms. The molecule has 4 nitrogen and oxygen atoms in total. The zero-order valence-corrected chi connectivity index (χ0v) is 11.9. The molecule has 1 aromatic rings. The van der Waals surface area contributed by atoms with E-state index in [0.717, 1.165) is 23.5 Å². The van der Waals surface area contributed by atoms with Gasteiger partial charge in [0.05, 0.1) is 4.92 Å². The molecular formula is C15H22N2O2. The van der Waals surface area contributed by atoms with Gasteiger partial charge >= 0.3 is 0 Å². The largest absolute Gasteiger partial charge is 0.377 e. The van der Waals surface area contributed by atoms with E-state index in [2.05, 4.69) is 12.2 Å². The minimum atomic E-state index is -0.301. The summed E-state index contributed by atoms with van der Waals surface area (Å²) in [5.74, 6) is 0.799. The second-order valence-corrected chi connectivity index (χ2v) is 5.79. The van der Waals surface area contributed by atoms with Gasteiger partial charge in [-0.05, 0) is 50.3 Å². The van der Waals surface area contributed by atoms with Crippen LogP contribution in [0, 0.1) is 29.9 Å². The van der Waals surface area contributed by atoms with Crippen molar-refractivity contribution in [3.63, 3.8) is 0 Å². The third kappa shape index (κ3) is 3.25. The summed E-state index contributed by atoms with van der Waals surface area (Å²) in [6.45, 7) is 6.00. The van der Waals surface area contributed by atoms with Crippen LogP contribution in [-0.4, -0.2) is 11.0 Å². The van der Waals surface area contributed by atoms with Gasteiger partial charge in [-0.25, -0.2) is 0 Å². The second kappa shape index (κ2) is 5.59. The molecular weight excluding hydrogens is 240 g/mol. The number of aryl methyl sites for hydroxylation is 2. The van der Waals surface area contributed by atoms with Crippen LogP contribution in [0.3, 0.4) is 0 Å². The molecule has 1 fully saturated rings. The van der Waals surface area contributed by atoms with Crippen molar-refractivity contribution < 1.29 is 4.92 Å². The summed E-state index contributed by atoms with van der Waals surface area (Å²) in [7, 11) is 0. The predicted molar refractivity (Wildman–Crippen MR) is 77.6 cm³/mol. The highest BCUT2D eigenvalue weighted by atomic mass is 16.6. The average molecular weight is 262 g/mol. The number of benzene rings is 1. The molecule has 1 unspecified atom stereocenters. The maximum atomic E-state index is 11.1. The maximum Gasteiger partial charge on any atom is 0.292 e. The smallest absolute Gasteiger partial charge is 0.292 e. The molecule has 1 aromatic carbocycles. The molecule has 19 heavy (non-hydrogen) atoms. The molecule has 0 radical (unpaired) electrons. The first kappa shape index (κ1) is 13.8. The average Bonchev–Trinajstić information content (AvgIpc) is 2.28. The molecule has 104 valence electrons. The number of anilines is 1. The third-order valence-corrected chi connectivity index (χ3v) is 4.12. The molecule has 0 bridgehead atoms. The number of rotatable bonds is 5. The summed E-state index contributed by atoms with van der Waals surface area (Å²) in [4.78, 5) is 10.8. The highest BCUT2D eigenvalue weighted by molar-refractivity contribution is 5.64. The van der Waals surface area contributed by atoms with Gasteiger partial charge in [-0.1, -0.05) is 19.3 Å². The number of nitrogens with one attached hydrogen (secondary N) is 1. The van der Waals surface area contributed by atoms with Crippen LogP contribution < -0.4 is 5.32 Å². The van der Waals surface area contributed by atoms with Crippen molar-refractivity contribution >= 4 is 11.4 Å². The molecule has 1 aliphatic rings. The van der Waals surface area contributed by atoms with E-state index in [-0.39, 0.29) is 16.7 Å². The van der Waals surface area contributed by atoms with Crippen LogP contribution in [0.4, 0.5) is 11.4 Å². The zero-order chi connectivity index (χ0) is 14.0. The van der Waals surface area contributed by atoms with Crippen molar-refractivity contribution in [2.24, 2.45) is 5.92 Å². The first-order valence-corrected chi connectivity index (χ1v) is 6.99. The second-order valence-electron chi connectivity index (χ2n) is 5.79. The number of nitrogens with zero attached hydrogens (tertiary/aromatic N) is 1. The lowest BCUT2D eigenvalue weighted by molar-refractivity contribution is -0.384. The Kier molecular flexibility index (Phi) is 4.08. The fraction of sp³-hybridized carbons (Fsp3) is 0.600. The molecule has 1 atom stereocenters. The van der Waals surface area contributed by atoms with Gasteiger partial charge in [0.15, 0.2) is 0 Å². The van der Waals surface area contributed by atoms with Crippen LogP contribution in [0.25, 0.3) is 0 Å². The molecule has 0 heterocycles. The molecule has 1 N–H and O–H groups in total. The van der Waals surface area contributed by atoms with Crippen LogP contribution in [0.15, 0.2) is 12.1 Å². The SMILES string of the molecule is Cc1cc(NC(C)CC2CCC2)c([N+](=O)[O-])cc1C. The topological polar surface area (TPSA) is 55.2 Å². The summed E-state index contributed by atoms with van der Waals surface area (Å²) in [5.41, 5.74) is 2.89. The van der Waals surface area contributed by atoms with Crippen molar-refractivity contribution in [1.29, 1.82) is 0 Å². The highest BCUT2D eigenvalue weighted by Gasteiger charge is 2.22. The monoisotopic (exact) mass is 262 g/mol. The van der Waals surface area contributed by atoms with Gasteiger partial charge in [0.2, 0.25) is 0 Å². The number of hydrogen-bond donors (Lipinski definition) is 1. The summed E-state index contributed by atoms with van der Waals surface area (Å²) < 4.78 is 0. The minimum absolute atomic E-state index is 0.184. The fourth-order valence-electron chi connectivity index (χ4n) is 2.62. The molecule has 1 aliphatic carbocycles. The Balaban J connectivity index is 2.13. The molecule has 2 rings (SSSR count). The van der Waals surface area contributed by atoms with E-state index < -0.39 is 0 Å². The van der Waals surface area contributed by atoms with Crippen molar-refractivity contribution in [2.75, 3.05) is 5.32 Å². The van der Waals surface area contributed by atoms with Crippen molar-refractivity contribution in [2.45, 2.75) is 52.5 Å². The van der Waals surface area contributed by atoms with Gasteiger partial charge in [-0.2, -0.15) is 0 Å². The summed E-state index contributed by atoms with van der Waals surface area (Å²) >= 11 is 0. The van der Waals surface area contributed by atoms with Gasteiger partial charge < -0.3 is 5.32 Å². The normalized spacial score (nSPS) is 16.8. The Morgan fingerprint density at radius 1 is 1.37 bits per heavy atom. The Labute approximate surface area is 114 Å². The molecule has 1 saturated carbocycles. The first-order chi connectivity index (χ1) is 8.97. The Bertz CT molecular complexity index is 481. The van der Waals surface area contributed by atoms with Crippen LogP contribution >= 0.6 is 0 Å². The molecule has 0 amide bonds. The third-order valence-electron chi connectivity index (χ3n) is 4.12. The molecule has 0 saturated heterocycles. The van der Waals surface area contributed by atoms with Gasteiger partial charge in [0, 0.05) is 12.1 Å². The van der Waals surface area contributed by atoms with Crippen molar-refractivity contribution in [3.05, 3.63) is 33.4 Å². The highest BCUT2D eigenvalue weighted by Crippen LogP contribution is 2.33. The first-order valence-electron chi connectivity index (χ1n) is 6.99. The predicted octanol–water partition coefficient (Wildman–Crippen LogP) is 4.20. The lowest BCUT2D eigenvalue weighted by Gasteiger charge is -2.28. The minimum Gasteiger partial charge on any atom is -0.377 e. The van der Waals surface area contributed by atoms with E-state index in [1.54, 1.807) is 6.07 Å². The lowest BCUT2D eigenvalue weighted by Crippen LogP contribution is -2.23. The lowest BCUT2D eigenvalue weighted by atomic mass is 9.81. The van der Waals surface area contributed by atoms with E-state index in [1.807, 2.05) is 19.9 Å². The van der Waals surface area contributed by atoms with E-state index in [1.165, 1.54) is 19.3 Å². The van der Waals surface area contributed by atoms with Gasteiger partial charge in [-0.3, -0.25) is 10.1 Å². The number of nitro groups is 1. The number of hydrogen-bond acceptors (Lipinski definition) is 3. The Hall–Kier alpha value is -1.58. The van der Waals surface area contributed by atoms with Crippen LogP contribution in [-0.2, 0) is 0 Å². The Morgan fingerprint density at radius 2 is 2.00 bits per heavy atom. The van der Waals surface area contributed by atoms with E-state index in [0.29, 0.717) is 5.69 Å². The van der Waals surface area contributed by atoms with Crippen LogP contribution in [0.2, 0.25) is 0 Å². The van der Waals surface area contributed by atoms with Crippen LogP contribution in [0.5, 0.6) is 0 Å². The van der Waals surface area contributed by atoms with Gasteiger partial charge in [-0.15, -0.1) is 0 Å². The Morgan fingerprint density at radius 3 is 2.53 bits per heavy atom. The zero-order valence-electron chi connectivity index (χ0n) is 11.9. The van der Waals surface area contributed by atoms with E-state index in [9.17, 15) is 10.1 Å². The van der Waals surface area contributed by atoms with Crippen molar-refractivity contribution in [1.82, 2.24) is 0 Å². The molecule has 0 aromatic heterocycles. The maximum absolute atomic E-state index is 11.1. The summed E-state index contributed by atoms with van der Waals surface area (Å²) in [6.07, 6.45) is 5.05. The number of nitro benzene ring substituents is 1. The quantitative estimate of drug-likeness (QED) is 0.639. The summed E-state index contributed by atoms with van der Waals surface area (Å²) in [5, 5.41) is 14.4. The fourth-order valence-corrected chi connectivity index (χ4v) is 2.62. The van der Waals surface area contributed by atoms with Crippen molar-refractivity contribution in [3.8, 4) is 0 Å². The van der Waals surface area contributed by atoms with Gasteiger partial charge in [0.25, 0.3) is 5.69 Å². The van der Waals surface area contributed by atoms with E-state index >= 15 is 0 Å². The van der Waals surface area contributed by atoms with Gasteiger partial charge in [0.1, 0.15) is 5.69 Å². The molecule has 4 heteroatoms. The molecule has 0 aliphatic heterocycles.